The quantitative estimate of drug-likeness (QED) is 0.687. The fourth-order valence-electron chi connectivity index (χ4n) is 2.21. The molecule has 4 heteroatoms. The molecule has 3 nitrogen and oxygen atoms in total. The highest BCUT2D eigenvalue weighted by molar-refractivity contribution is 6.30. The predicted octanol–water partition coefficient (Wildman–Crippen LogP) is 5.04. The van der Waals surface area contributed by atoms with Gasteiger partial charge in [0.15, 0.2) is 5.60 Å². The molecule has 0 N–H and O–H groups in total. The van der Waals surface area contributed by atoms with E-state index in [0.717, 1.165) is 17.0 Å². The molecule has 0 spiro atoms. The molecule has 2 aromatic rings. The second-order valence-electron chi connectivity index (χ2n) is 6.51. The Labute approximate surface area is 148 Å². The number of ether oxygens (including phenoxy) is 2. The molecule has 0 aliphatic carbocycles. The summed E-state index contributed by atoms with van der Waals surface area (Å²) in [6.07, 6.45) is 0.651. The van der Waals surface area contributed by atoms with E-state index < -0.39 is 5.60 Å². The number of rotatable bonds is 6. The Morgan fingerprint density at radius 2 is 1.50 bits per heavy atom. The minimum Gasteiger partial charge on any atom is -0.476 e. The van der Waals surface area contributed by atoms with E-state index in [-0.39, 0.29) is 12.1 Å². The van der Waals surface area contributed by atoms with Gasteiger partial charge in [0.25, 0.3) is 0 Å². The SMILES string of the molecule is CC(C)OC(=O)C(C)(C)Oc1ccc(Cc2ccc(Cl)cc2)cc1. The van der Waals surface area contributed by atoms with Gasteiger partial charge in [-0.05, 0) is 69.5 Å². The Balaban J connectivity index is 2.01. The summed E-state index contributed by atoms with van der Waals surface area (Å²) in [7, 11) is 0. The summed E-state index contributed by atoms with van der Waals surface area (Å²) < 4.78 is 11.0. The lowest BCUT2D eigenvalue weighted by molar-refractivity contribution is -0.163. The Hall–Kier alpha value is -2.00. The summed E-state index contributed by atoms with van der Waals surface area (Å²) in [5.41, 5.74) is 1.32. The van der Waals surface area contributed by atoms with Crippen molar-refractivity contribution in [2.45, 2.75) is 45.8 Å². The number of hydrogen-bond acceptors (Lipinski definition) is 3. The Bertz CT molecular complexity index is 673. The zero-order valence-electron chi connectivity index (χ0n) is 14.5. The van der Waals surface area contributed by atoms with E-state index in [1.807, 2.05) is 62.4 Å². The molecule has 0 amide bonds. The molecule has 0 saturated carbocycles. The van der Waals surface area contributed by atoms with Crippen molar-refractivity contribution in [2.75, 3.05) is 0 Å². The lowest BCUT2D eigenvalue weighted by Crippen LogP contribution is -2.40. The molecule has 0 aliphatic heterocycles. The third kappa shape index (κ3) is 5.27. The van der Waals surface area contributed by atoms with Gasteiger partial charge in [-0.25, -0.2) is 4.79 Å². The van der Waals surface area contributed by atoms with Crippen molar-refractivity contribution in [2.24, 2.45) is 0 Å². The van der Waals surface area contributed by atoms with Crippen molar-refractivity contribution in [3.05, 3.63) is 64.7 Å². The van der Waals surface area contributed by atoms with Gasteiger partial charge in [0.05, 0.1) is 6.10 Å². The van der Waals surface area contributed by atoms with E-state index in [9.17, 15) is 4.79 Å². The average molecular weight is 347 g/mol. The van der Waals surface area contributed by atoms with Gasteiger partial charge < -0.3 is 9.47 Å². The minimum absolute atomic E-state index is 0.165. The molecular formula is C20H23ClO3. The maximum absolute atomic E-state index is 12.1. The van der Waals surface area contributed by atoms with Crippen LogP contribution in [0.3, 0.4) is 0 Å². The van der Waals surface area contributed by atoms with Crippen molar-refractivity contribution in [1.29, 1.82) is 0 Å². The molecule has 128 valence electrons. The molecule has 0 atom stereocenters. The molecule has 0 radical (unpaired) electrons. The number of hydrogen-bond donors (Lipinski definition) is 0. The highest BCUT2D eigenvalue weighted by Gasteiger charge is 2.32. The van der Waals surface area contributed by atoms with Crippen LogP contribution in [0.15, 0.2) is 48.5 Å². The number of carbonyl (C=O) groups is 1. The van der Waals surface area contributed by atoms with E-state index in [4.69, 9.17) is 21.1 Å². The van der Waals surface area contributed by atoms with Crippen LogP contribution in [0.2, 0.25) is 5.02 Å². The van der Waals surface area contributed by atoms with E-state index in [1.165, 1.54) is 5.56 Å². The number of carbonyl (C=O) groups excluding carboxylic acids is 1. The van der Waals surface area contributed by atoms with E-state index in [1.54, 1.807) is 13.8 Å². The first-order valence-electron chi connectivity index (χ1n) is 8.00. The second-order valence-corrected chi connectivity index (χ2v) is 6.95. The predicted molar refractivity (Wildman–Crippen MR) is 96.6 cm³/mol. The molecule has 0 bridgehead atoms. The first-order valence-corrected chi connectivity index (χ1v) is 8.37. The van der Waals surface area contributed by atoms with E-state index in [0.29, 0.717) is 5.75 Å². The van der Waals surface area contributed by atoms with Gasteiger partial charge in [-0.15, -0.1) is 0 Å². The van der Waals surface area contributed by atoms with Crippen molar-refractivity contribution < 1.29 is 14.3 Å². The first kappa shape index (κ1) is 18.3. The lowest BCUT2D eigenvalue weighted by Gasteiger charge is -2.25. The molecular weight excluding hydrogens is 324 g/mol. The fraction of sp³-hybridized carbons (Fsp3) is 0.350. The molecule has 0 aromatic heterocycles. The largest absolute Gasteiger partial charge is 0.476 e. The van der Waals surface area contributed by atoms with Gasteiger partial charge in [0.1, 0.15) is 5.75 Å². The Morgan fingerprint density at radius 1 is 1.00 bits per heavy atom. The van der Waals surface area contributed by atoms with Gasteiger partial charge in [0, 0.05) is 5.02 Å². The van der Waals surface area contributed by atoms with Crippen LogP contribution in [-0.2, 0) is 16.0 Å². The summed E-state index contributed by atoms with van der Waals surface area (Å²) in [5.74, 6) is 0.267. The summed E-state index contributed by atoms with van der Waals surface area (Å²) in [5, 5.41) is 0.734. The zero-order valence-corrected chi connectivity index (χ0v) is 15.3. The molecule has 0 unspecified atom stereocenters. The van der Waals surface area contributed by atoms with Crippen LogP contribution in [0, 0.1) is 0 Å². The highest BCUT2D eigenvalue weighted by Crippen LogP contribution is 2.22. The summed E-state index contributed by atoms with van der Waals surface area (Å²) in [6.45, 7) is 7.05. The minimum atomic E-state index is -1.03. The molecule has 2 aromatic carbocycles. The van der Waals surface area contributed by atoms with Gasteiger partial charge >= 0.3 is 5.97 Å². The number of halogens is 1. The standard InChI is InChI=1S/C20H23ClO3/c1-14(2)23-19(22)20(3,4)24-18-11-7-16(8-12-18)13-15-5-9-17(21)10-6-15/h5-12,14H,13H2,1-4H3. The van der Waals surface area contributed by atoms with Gasteiger partial charge in [0.2, 0.25) is 0 Å². The number of esters is 1. The van der Waals surface area contributed by atoms with E-state index in [2.05, 4.69) is 0 Å². The fourth-order valence-corrected chi connectivity index (χ4v) is 2.33. The monoisotopic (exact) mass is 346 g/mol. The van der Waals surface area contributed by atoms with Crippen molar-refractivity contribution in [1.82, 2.24) is 0 Å². The molecule has 2 rings (SSSR count). The van der Waals surface area contributed by atoms with Crippen LogP contribution >= 0.6 is 11.6 Å². The van der Waals surface area contributed by atoms with Gasteiger partial charge in [-0.2, -0.15) is 0 Å². The Morgan fingerprint density at radius 3 is 2.00 bits per heavy atom. The van der Waals surface area contributed by atoms with Gasteiger partial charge in [-0.3, -0.25) is 0 Å². The van der Waals surface area contributed by atoms with Crippen LogP contribution in [0.1, 0.15) is 38.8 Å². The van der Waals surface area contributed by atoms with Gasteiger partial charge in [-0.1, -0.05) is 35.9 Å². The summed E-state index contributed by atoms with van der Waals surface area (Å²) in [4.78, 5) is 12.1. The normalized spacial score (nSPS) is 11.4. The molecule has 0 saturated heterocycles. The highest BCUT2D eigenvalue weighted by atomic mass is 35.5. The smallest absolute Gasteiger partial charge is 0.350 e. The van der Waals surface area contributed by atoms with Crippen LogP contribution in [0.25, 0.3) is 0 Å². The third-order valence-corrected chi connectivity index (χ3v) is 3.70. The molecule has 0 heterocycles. The summed E-state index contributed by atoms with van der Waals surface area (Å²) >= 11 is 5.90. The first-order chi connectivity index (χ1) is 11.3. The zero-order chi connectivity index (χ0) is 17.7. The van der Waals surface area contributed by atoms with E-state index >= 15 is 0 Å². The second kappa shape index (κ2) is 7.71. The topological polar surface area (TPSA) is 35.5 Å². The average Bonchev–Trinajstić information content (AvgIpc) is 2.50. The van der Waals surface area contributed by atoms with Crippen molar-refractivity contribution in [3.8, 4) is 5.75 Å². The van der Waals surface area contributed by atoms with Crippen LogP contribution in [0.4, 0.5) is 0 Å². The number of benzene rings is 2. The maximum atomic E-state index is 12.1. The maximum Gasteiger partial charge on any atom is 0.350 e. The van der Waals surface area contributed by atoms with Crippen molar-refractivity contribution in [3.63, 3.8) is 0 Å². The third-order valence-electron chi connectivity index (χ3n) is 3.45. The molecule has 0 fully saturated rings. The Kier molecular flexibility index (Phi) is 5.89. The summed E-state index contributed by atoms with van der Waals surface area (Å²) in [6, 6.07) is 15.5. The van der Waals surface area contributed by atoms with Crippen molar-refractivity contribution >= 4 is 17.6 Å². The molecule has 0 aliphatic rings. The molecule has 24 heavy (non-hydrogen) atoms. The van der Waals surface area contributed by atoms with Crippen LogP contribution < -0.4 is 4.74 Å². The van der Waals surface area contributed by atoms with Crippen LogP contribution in [-0.4, -0.2) is 17.7 Å². The van der Waals surface area contributed by atoms with Crippen LogP contribution in [0.5, 0.6) is 5.75 Å². The lowest BCUT2D eigenvalue weighted by atomic mass is 10.0.